The molecule has 0 bridgehead atoms. The summed E-state index contributed by atoms with van der Waals surface area (Å²) in [6.07, 6.45) is 1.58. The van der Waals surface area contributed by atoms with Crippen LogP contribution < -0.4 is 9.47 Å². The summed E-state index contributed by atoms with van der Waals surface area (Å²) in [4.78, 5) is 14.9. The second-order valence-electron chi connectivity index (χ2n) is 8.50. The summed E-state index contributed by atoms with van der Waals surface area (Å²) in [6, 6.07) is 12.0. The quantitative estimate of drug-likeness (QED) is 0.357. The lowest BCUT2D eigenvalue weighted by Gasteiger charge is -2.26. The van der Waals surface area contributed by atoms with Crippen LogP contribution >= 0.6 is 0 Å². The van der Waals surface area contributed by atoms with Gasteiger partial charge in [-0.3, -0.25) is 9.69 Å². The fourth-order valence-electron chi connectivity index (χ4n) is 4.47. The predicted octanol–water partition coefficient (Wildman–Crippen LogP) is 4.17. The molecule has 0 aliphatic carbocycles. The zero-order valence-electron chi connectivity index (χ0n) is 19.0. The second kappa shape index (κ2) is 9.55. The van der Waals surface area contributed by atoms with E-state index in [4.69, 9.17) is 23.4 Å². The Hall–Kier alpha value is -2.87. The first-order chi connectivity index (χ1) is 16.1. The summed E-state index contributed by atoms with van der Waals surface area (Å²) < 4.78 is 29.5. The largest absolute Gasteiger partial charge is 0.487 e. The molecule has 2 fully saturated rings. The highest BCUT2D eigenvalue weighted by Crippen LogP contribution is 2.45. The van der Waals surface area contributed by atoms with E-state index in [-0.39, 0.29) is 18.0 Å². The SMILES string of the molecule is CC(=O)c1c(OCCN2CCOCC2)c(OC[C@H]2O[C@@H]2c2ccccc2)c2occc2c1C. The van der Waals surface area contributed by atoms with Crippen molar-refractivity contribution in [3.63, 3.8) is 0 Å². The molecule has 0 saturated carbocycles. The highest BCUT2D eigenvalue weighted by molar-refractivity contribution is 6.05. The first kappa shape index (κ1) is 21.9. The molecule has 0 spiro atoms. The molecule has 174 valence electrons. The Morgan fingerprint density at radius 2 is 1.88 bits per heavy atom. The van der Waals surface area contributed by atoms with Crippen molar-refractivity contribution in [2.75, 3.05) is 46.1 Å². The third-order valence-corrected chi connectivity index (χ3v) is 6.30. The van der Waals surface area contributed by atoms with Gasteiger partial charge in [0.25, 0.3) is 0 Å². The lowest BCUT2D eigenvalue weighted by Crippen LogP contribution is -2.38. The first-order valence-corrected chi connectivity index (χ1v) is 11.4. The maximum atomic E-state index is 12.6. The third kappa shape index (κ3) is 4.62. The van der Waals surface area contributed by atoms with E-state index in [9.17, 15) is 4.79 Å². The van der Waals surface area contributed by atoms with Crippen molar-refractivity contribution in [3.8, 4) is 11.5 Å². The van der Waals surface area contributed by atoms with E-state index in [1.165, 1.54) is 0 Å². The van der Waals surface area contributed by atoms with E-state index in [0.717, 1.165) is 49.4 Å². The Bertz CT molecular complexity index is 1120. The van der Waals surface area contributed by atoms with Gasteiger partial charge in [-0.2, -0.15) is 0 Å². The van der Waals surface area contributed by atoms with Crippen LogP contribution in [0.4, 0.5) is 0 Å². The molecule has 3 heterocycles. The number of rotatable bonds is 9. The standard InChI is InChI=1S/C26H29NO6/c1-17-20-8-12-30-24(20)26(32-16-21-23(33-21)19-6-4-3-5-7-19)25(22(17)18(2)28)31-15-11-27-9-13-29-14-10-27/h3-8,12,21,23H,9-11,13-16H2,1-2H3/t21-,23-/m1/s1. The summed E-state index contributed by atoms with van der Waals surface area (Å²) in [5.74, 6) is 0.856. The van der Waals surface area contributed by atoms with E-state index in [1.54, 1.807) is 13.2 Å². The number of benzene rings is 2. The van der Waals surface area contributed by atoms with Crippen LogP contribution in [0.2, 0.25) is 0 Å². The van der Waals surface area contributed by atoms with Crippen LogP contribution in [0.5, 0.6) is 11.5 Å². The number of ether oxygens (including phenoxy) is 4. The molecule has 2 aliphatic heterocycles. The number of carbonyl (C=O) groups excluding carboxylic acids is 1. The predicted molar refractivity (Wildman–Crippen MR) is 123 cm³/mol. The number of nitrogens with zero attached hydrogens (tertiary/aromatic N) is 1. The smallest absolute Gasteiger partial charge is 0.205 e. The van der Waals surface area contributed by atoms with Crippen LogP contribution in [0.15, 0.2) is 47.1 Å². The van der Waals surface area contributed by atoms with E-state index in [1.807, 2.05) is 31.2 Å². The molecular weight excluding hydrogens is 422 g/mol. The molecule has 0 radical (unpaired) electrons. The number of carbonyl (C=O) groups is 1. The van der Waals surface area contributed by atoms with Gasteiger partial charge in [-0.05, 0) is 31.0 Å². The van der Waals surface area contributed by atoms with Crippen molar-refractivity contribution < 1.29 is 28.2 Å². The van der Waals surface area contributed by atoms with Gasteiger partial charge < -0.3 is 23.4 Å². The van der Waals surface area contributed by atoms with Gasteiger partial charge in [-0.15, -0.1) is 0 Å². The van der Waals surface area contributed by atoms with Gasteiger partial charge in [0, 0.05) is 25.0 Å². The topological polar surface area (TPSA) is 73.7 Å². The van der Waals surface area contributed by atoms with E-state index < -0.39 is 0 Å². The van der Waals surface area contributed by atoms with Gasteiger partial charge in [-0.25, -0.2) is 0 Å². The summed E-state index contributed by atoms with van der Waals surface area (Å²) in [7, 11) is 0. The molecule has 5 rings (SSSR count). The number of Topliss-reactive ketones (excluding diaryl/α,β-unsaturated/α-hetero) is 1. The molecule has 2 aliphatic rings. The lowest BCUT2D eigenvalue weighted by atomic mass is 9.99. The number of morpholine rings is 1. The molecule has 2 atom stereocenters. The molecule has 3 aromatic rings. The minimum atomic E-state index is -0.0633. The molecule has 0 unspecified atom stereocenters. The van der Waals surface area contributed by atoms with Crippen molar-refractivity contribution in [2.45, 2.75) is 26.1 Å². The summed E-state index contributed by atoms with van der Waals surface area (Å²) >= 11 is 0. The molecule has 0 amide bonds. The number of furan rings is 1. The van der Waals surface area contributed by atoms with Crippen LogP contribution in [0.1, 0.15) is 34.5 Å². The van der Waals surface area contributed by atoms with E-state index >= 15 is 0 Å². The number of epoxide rings is 1. The number of hydrogen-bond donors (Lipinski definition) is 0. The summed E-state index contributed by atoms with van der Waals surface area (Å²) in [5.41, 5.74) is 3.10. The maximum absolute atomic E-state index is 12.6. The van der Waals surface area contributed by atoms with Gasteiger partial charge in [0.05, 0.1) is 25.0 Å². The van der Waals surface area contributed by atoms with Crippen molar-refractivity contribution in [1.29, 1.82) is 0 Å². The average Bonchev–Trinajstić information content (AvgIpc) is 3.44. The number of ketones is 1. The molecular formula is C26H29NO6. The molecule has 0 N–H and O–H groups in total. The van der Waals surface area contributed by atoms with Gasteiger partial charge >= 0.3 is 0 Å². The lowest BCUT2D eigenvalue weighted by molar-refractivity contribution is 0.0320. The number of fused-ring (bicyclic) bond motifs is 1. The van der Waals surface area contributed by atoms with Crippen molar-refractivity contribution in [1.82, 2.24) is 4.90 Å². The zero-order chi connectivity index (χ0) is 22.8. The van der Waals surface area contributed by atoms with Crippen LogP contribution in [0, 0.1) is 6.92 Å². The summed E-state index contributed by atoms with van der Waals surface area (Å²) in [6.45, 7) is 8.22. The zero-order valence-corrected chi connectivity index (χ0v) is 19.0. The number of hydrogen-bond acceptors (Lipinski definition) is 7. The highest BCUT2D eigenvalue weighted by Gasteiger charge is 2.41. The Morgan fingerprint density at radius 3 is 2.64 bits per heavy atom. The van der Waals surface area contributed by atoms with Crippen LogP contribution in [-0.2, 0) is 9.47 Å². The molecule has 7 nitrogen and oxygen atoms in total. The minimum absolute atomic E-state index is 0.0155. The minimum Gasteiger partial charge on any atom is -0.487 e. The molecule has 2 saturated heterocycles. The van der Waals surface area contributed by atoms with Gasteiger partial charge in [-0.1, -0.05) is 30.3 Å². The van der Waals surface area contributed by atoms with Gasteiger partial charge in [0.1, 0.15) is 25.4 Å². The van der Waals surface area contributed by atoms with E-state index in [0.29, 0.717) is 35.9 Å². The Labute approximate surface area is 193 Å². The van der Waals surface area contributed by atoms with Gasteiger partial charge in [0.15, 0.2) is 17.1 Å². The van der Waals surface area contributed by atoms with Crippen LogP contribution in [0.25, 0.3) is 11.0 Å². The van der Waals surface area contributed by atoms with E-state index in [2.05, 4.69) is 17.0 Å². The van der Waals surface area contributed by atoms with Crippen molar-refractivity contribution in [2.24, 2.45) is 0 Å². The maximum Gasteiger partial charge on any atom is 0.205 e. The van der Waals surface area contributed by atoms with Crippen molar-refractivity contribution in [3.05, 3.63) is 59.4 Å². The molecule has 2 aromatic carbocycles. The molecule has 7 heteroatoms. The van der Waals surface area contributed by atoms with Gasteiger partial charge in [0.2, 0.25) is 5.75 Å². The van der Waals surface area contributed by atoms with Crippen LogP contribution in [-0.4, -0.2) is 62.8 Å². The normalized spacial score (nSPS) is 20.7. The molecule has 1 aromatic heterocycles. The monoisotopic (exact) mass is 451 g/mol. The number of aryl methyl sites for hydroxylation is 1. The third-order valence-electron chi connectivity index (χ3n) is 6.30. The average molecular weight is 452 g/mol. The van der Waals surface area contributed by atoms with Crippen molar-refractivity contribution >= 4 is 16.8 Å². The highest BCUT2D eigenvalue weighted by atomic mass is 16.6. The fraction of sp³-hybridized carbons (Fsp3) is 0.423. The fourth-order valence-corrected chi connectivity index (χ4v) is 4.47. The van der Waals surface area contributed by atoms with Crippen LogP contribution in [0.3, 0.4) is 0 Å². The first-order valence-electron chi connectivity index (χ1n) is 11.4. The summed E-state index contributed by atoms with van der Waals surface area (Å²) in [5, 5.41) is 0.854. The molecule has 33 heavy (non-hydrogen) atoms. The Morgan fingerprint density at radius 1 is 1.09 bits per heavy atom. The Kier molecular flexibility index (Phi) is 6.35. The Balaban J connectivity index is 1.38. The second-order valence-corrected chi connectivity index (χ2v) is 8.50.